The van der Waals surface area contributed by atoms with E-state index >= 15 is 0 Å². The quantitative estimate of drug-likeness (QED) is 0.756. The summed E-state index contributed by atoms with van der Waals surface area (Å²) >= 11 is 0. The fraction of sp³-hybridized carbons (Fsp3) is 0.222. The Labute approximate surface area is 156 Å². The Hall–Kier alpha value is -3.07. The summed E-state index contributed by atoms with van der Waals surface area (Å²) in [5.41, 5.74) is 1.87. The molecule has 0 atom stereocenters. The summed E-state index contributed by atoms with van der Waals surface area (Å²) in [5, 5.41) is 2.45. The maximum atomic E-state index is 12.7. The van der Waals surface area contributed by atoms with Gasteiger partial charge in [-0.2, -0.15) is 0 Å². The van der Waals surface area contributed by atoms with Crippen molar-refractivity contribution in [2.24, 2.45) is 0 Å². The van der Waals surface area contributed by atoms with Crippen molar-refractivity contribution in [3.05, 3.63) is 53.6 Å². The van der Waals surface area contributed by atoms with Gasteiger partial charge < -0.3 is 10.1 Å². The van der Waals surface area contributed by atoms with Gasteiger partial charge in [-0.05, 0) is 41.5 Å². The number of amides is 3. The maximum absolute atomic E-state index is 12.7. The van der Waals surface area contributed by atoms with Gasteiger partial charge in [-0.15, -0.1) is 0 Å². The first-order valence-corrected chi connectivity index (χ1v) is 9.86. The van der Waals surface area contributed by atoms with E-state index in [1.165, 1.54) is 6.07 Å². The molecule has 0 saturated carbocycles. The van der Waals surface area contributed by atoms with Crippen molar-refractivity contribution < 1.29 is 22.7 Å². The summed E-state index contributed by atoms with van der Waals surface area (Å²) in [4.78, 5) is 24.6. The normalized spacial score (nSPS) is 16.1. The number of hydrogen-bond acceptors (Lipinski definition) is 5. The lowest BCUT2D eigenvalue weighted by molar-refractivity contribution is -0.125. The molecule has 2 aromatic carbocycles. The standard InChI is InChI=1S/C18H17N3O5S/c22-17-10-19-18(23)21(17)11-12-2-1-3-14(8-12)20-27(24,25)15-4-5-16-13(9-15)6-7-26-16/h1-5,8-9,20H,6-7,10-11H2,(H,19,23). The summed E-state index contributed by atoms with van der Waals surface area (Å²) in [6.07, 6.45) is 0.681. The molecule has 0 aliphatic carbocycles. The van der Waals surface area contributed by atoms with Gasteiger partial charge in [0.05, 0.1) is 24.6 Å². The second-order valence-corrected chi connectivity index (χ2v) is 7.99. The van der Waals surface area contributed by atoms with Crippen LogP contribution >= 0.6 is 0 Å². The molecule has 1 fully saturated rings. The molecule has 0 radical (unpaired) electrons. The van der Waals surface area contributed by atoms with Crippen LogP contribution in [-0.2, 0) is 27.8 Å². The minimum atomic E-state index is -3.77. The van der Waals surface area contributed by atoms with Gasteiger partial charge >= 0.3 is 6.03 Å². The van der Waals surface area contributed by atoms with Crippen molar-refractivity contribution in [1.29, 1.82) is 0 Å². The zero-order chi connectivity index (χ0) is 19.0. The fourth-order valence-corrected chi connectivity index (χ4v) is 4.17. The van der Waals surface area contributed by atoms with Gasteiger partial charge in [-0.1, -0.05) is 12.1 Å². The highest BCUT2D eigenvalue weighted by Crippen LogP contribution is 2.28. The summed E-state index contributed by atoms with van der Waals surface area (Å²) < 4.78 is 33.3. The lowest BCUT2D eigenvalue weighted by Crippen LogP contribution is -2.30. The van der Waals surface area contributed by atoms with E-state index in [-0.39, 0.29) is 23.9 Å². The number of carbonyl (C=O) groups is 2. The summed E-state index contributed by atoms with van der Waals surface area (Å²) in [7, 11) is -3.77. The minimum absolute atomic E-state index is 0.0206. The van der Waals surface area contributed by atoms with E-state index in [0.717, 1.165) is 10.5 Å². The van der Waals surface area contributed by atoms with Gasteiger partial charge in [0.1, 0.15) is 5.75 Å². The molecule has 2 aliphatic heterocycles. The van der Waals surface area contributed by atoms with Gasteiger partial charge in [0.25, 0.3) is 10.0 Å². The monoisotopic (exact) mass is 387 g/mol. The molecule has 0 unspecified atom stereocenters. The van der Waals surface area contributed by atoms with E-state index in [1.807, 2.05) is 0 Å². The Balaban J connectivity index is 1.54. The first-order chi connectivity index (χ1) is 12.9. The summed E-state index contributed by atoms with van der Waals surface area (Å²) in [5.74, 6) is 0.399. The number of ether oxygens (including phenoxy) is 1. The summed E-state index contributed by atoms with van der Waals surface area (Å²) in [6.45, 7) is 0.612. The molecule has 140 valence electrons. The van der Waals surface area contributed by atoms with E-state index in [4.69, 9.17) is 4.74 Å². The highest BCUT2D eigenvalue weighted by Gasteiger charge is 2.28. The number of nitrogens with zero attached hydrogens (tertiary/aromatic N) is 1. The number of anilines is 1. The van der Waals surface area contributed by atoms with Crippen LogP contribution in [-0.4, -0.2) is 38.4 Å². The molecule has 0 bridgehead atoms. The van der Waals surface area contributed by atoms with Crippen molar-refractivity contribution in [2.45, 2.75) is 17.9 Å². The molecule has 2 aliphatic rings. The van der Waals surface area contributed by atoms with Gasteiger partial charge in [-0.25, -0.2) is 13.2 Å². The number of sulfonamides is 1. The average Bonchev–Trinajstić information content (AvgIpc) is 3.23. The fourth-order valence-electron chi connectivity index (χ4n) is 3.08. The van der Waals surface area contributed by atoms with E-state index in [0.29, 0.717) is 30.0 Å². The van der Waals surface area contributed by atoms with E-state index < -0.39 is 16.1 Å². The molecule has 3 amide bonds. The van der Waals surface area contributed by atoms with Crippen LogP contribution in [0, 0.1) is 0 Å². The molecule has 0 spiro atoms. The van der Waals surface area contributed by atoms with Gasteiger partial charge in [0.2, 0.25) is 5.91 Å². The molecule has 9 heteroatoms. The predicted molar refractivity (Wildman–Crippen MR) is 96.8 cm³/mol. The summed E-state index contributed by atoms with van der Waals surface area (Å²) in [6, 6.07) is 10.9. The molecular weight excluding hydrogens is 370 g/mol. The molecule has 4 rings (SSSR count). The van der Waals surface area contributed by atoms with Crippen LogP contribution in [0.5, 0.6) is 5.75 Å². The molecule has 8 nitrogen and oxygen atoms in total. The number of urea groups is 1. The van der Waals surface area contributed by atoms with Crippen LogP contribution in [0.1, 0.15) is 11.1 Å². The molecule has 0 aromatic heterocycles. The lowest BCUT2D eigenvalue weighted by Gasteiger charge is -2.14. The minimum Gasteiger partial charge on any atom is -0.493 e. The number of rotatable bonds is 5. The Kier molecular flexibility index (Phi) is 4.23. The number of nitrogens with one attached hydrogen (secondary N) is 2. The SMILES string of the molecule is O=C1CNC(=O)N1Cc1cccc(NS(=O)(=O)c2ccc3c(c2)CCO3)c1. The van der Waals surface area contributed by atoms with E-state index in [1.54, 1.807) is 36.4 Å². The largest absolute Gasteiger partial charge is 0.493 e. The van der Waals surface area contributed by atoms with E-state index in [9.17, 15) is 18.0 Å². The second kappa shape index (κ2) is 6.58. The number of carbonyl (C=O) groups excluding carboxylic acids is 2. The van der Waals surface area contributed by atoms with Gasteiger partial charge in [0, 0.05) is 12.1 Å². The smallest absolute Gasteiger partial charge is 0.324 e. The molecule has 1 saturated heterocycles. The maximum Gasteiger partial charge on any atom is 0.324 e. The topological polar surface area (TPSA) is 105 Å². The molecule has 27 heavy (non-hydrogen) atoms. The first kappa shape index (κ1) is 17.3. The van der Waals surface area contributed by atoms with Crippen LogP contribution in [0.2, 0.25) is 0 Å². The van der Waals surface area contributed by atoms with Gasteiger partial charge in [-0.3, -0.25) is 14.4 Å². The number of hydrogen-bond donors (Lipinski definition) is 2. The van der Waals surface area contributed by atoms with Crippen molar-refractivity contribution in [3.63, 3.8) is 0 Å². The third-order valence-corrected chi connectivity index (χ3v) is 5.81. The van der Waals surface area contributed by atoms with Crippen molar-refractivity contribution in [2.75, 3.05) is 17.9 Å². The molecule has 2 heterocycles. The predicted octanol–water partition coefficient (Wildman–Crippen LogP) is 1.47. The van der Waals surface area contributed by atoms with Crippen LogP contribution in [0.25, 0.3) is 0 Å². The Morgan fingerprint density at radius 3 is 2.78 bits per heavy atom. The number of benzene rings is 2. The van der Waals surface area contributed by atoms with Crippen LogP contribution in [0.15, 0.2) is 47.4 Å². The molecule has 2 aromatic rings. The lowest BCUT2D eigenvalue weighted by atomic mass is 10.2. The Morgan fingerprint density at radius 1 is 1.15 bits per heavy atom. The van der Waals surface area contributed by atoms with Crippen LogP contribution < -0.4 is 14.8 Å². The van der Waals surface area contributed by atoms with E-state index in [2.05, 4.69) is 10.0 Å². The number of fused-ring (bicyclic) bond motifs is 1. The highest BCUT2D eigenvalue weighted by atomic mass is 32.2. The average molecular weight is 387 g/mol. The van der Waals surface area contributed by atoms with Crippen molar-refractivity contribution >= 4 is 27.6 Å². The zero-order valence-corrected chi connectivity index (χ0v) is 15.1. The highest BCUT2D eigenvalue weighted by molar-refractivity contribution is 7.92. The zero-order valence-electron chi connectivity index (χ0n) is 14.3. The molecule has 2 N–H and O–H groups in total. The third-order valence-electron chi connectivity index (χ3n) is 4.43. The van der Waals surface area contributed by atoms with Gasteiger partial charge in [0.15, 0.2) is 0 Å². The first-order valence-electron chi connectivity index (χ1n) is 8.38. The number of imide groups is 1. The van der Waals surface area contributed by atoms with Crippen LogP contribution in [0.4, 0.5) is 10.5 Å². The third kappa shape index (κ3) is 3.45. The van der Waals surface area contributed by atoms with Crippen molar-refractivity contribution in [3.8, 4) is 5.75 Å². The Bertz CT molecular complexity index is 1020. The Morgan fingerprint density at radius 2 is 2.00 bits per heavy atom. The molecular formula is C18H17N3O5S. The second-order valence-electron chi connectivity index (χ2n) is 6.31. The van der Waals surface area contributed by atoms with Crippen molar-refractivity contribution in [1.82, 2.24) is 10.2 Å². The van der Waals surface area contributed by atoms with Crippen LogP contribution in [0.3, 0.4) is 0 Å².